The van der Waals surface area contributed by atoms with Crippen LogP contribution in [0.4, 0.5) is 5.82 Å². The van der Waals surface area contributed by atoms with Gasteiger partial charge in [0, 0.05) is 12.6 Å². The Hall–Kier alpha value is -1.04. The fourth-order valence-corrected chi connectivity index (χ4v) is 5.17. The van der Waals surface area contributed by atoms with Crippen molar-refractivity contribution in [1.29, 1.82) is 0 Å². The number of benzene rings is 1. The molecular formula is C19H20BrCl2N3O. The van der Waals surface area contributed by atoms with Crippen LogP contribution < -0.4 is 5.32 Å². The lowest BCUT2D eigenvalue weighted by Crippen LogP contribution is -2.20. The number of amides is 1. The minimum atomic E-state index is 0.0584. The molecule has 2 saturated carbocycles. The summed E-state index contributed by atoms with van der Waals surface area (Å²) in [6.45, 7) is 0.553. The van der Waals surface area contributed by atoms with Gasteiger partial charge in [-0.05, 0) is 70.6 Å². The second kappa shape index (κ2) is 7.53. The van der Waals surface area contributed by atoms with Crippen molar-refractivity contribution in [2.45, 2.75) is 38.6 Å². The third kappa shape index (κ3) is 3.95. The molecule has 1 amide bonds. The second-order valence-corrected chi connectivity index (χ2v) is 9.13. The number of nitrogens with zero attached hydrogens (tertiary/aromatic N) is 2. The van der Waals surface area contributed by atoms with Crippen LogP contribution in [0.3, 0.4) is 0 Å². The molecule has 1 N–H and O–H groups in total. The first-order chi connectivity index (χ1) is 12.5. The highest BCUT2D eigenvalue weighted by atomic mass is 79.9. The van der Waals surface area contributed by atoms with Gasteiger partial charge in [-0.3, -0.25) is 9.48 Å². The fraction of sp³-hybridized carbons (Fsp3) is 0.474. The van der Waals surface area contributed by atoms with Crippen LogP contribution in [-0.2, 0) is 11.3 Å². The average molecular weight is 457 g/mol. The lowest BCUT2D eigenvalue weighted by atomic mass is 9.86. The zero-order valence-corrected chi connectivity index (χ0v) is 17.3. The summed E-state index contributed by atoms with van der Waals surface area (Å²) in [4.78, 5) is 12.4. The molecule has 1 aromatic carbocycles. The van der Waals surface area contributed by atoms with Gasteiger partial charge in [-0.25, -0.2) is 0 Å². The minimum absolute atomic E-state index is 0.0584. The fourth-order valence-electron chi connectivity index (χ4n) is 4.44. The summed E-state index contributed by atoms with van der Waals surface area (Å²) in [6, 6.07) is 5.51. The van der Waals surface area contributed by atoms with Gasteiger partial charge >= 0.3 is 0 Å². The number of rotatable bonds is 5. The van der Waals surface area contributed by atoms with Crippen LogP contribution in [0.2, 0.25) is 10.0 Å². The highest BCUT2D eigenvalue weighted by molar-refractivity contribution is 9.10. The Kier molecular flexibility index (Phi) is 5.31. The van der Waals surface area contributed by atoms with E-state index in [9.17, 15) is 4.79 Å². The number of fused-ring (bicyclic) bond motifs is 2. The van der Waals surface area contributed by atoms with Gasteiger partial charge in [-0.15, -0.1) is 0 Å². The molecule has 3 atom stereocenters. The molecule has 0 aliphatic heterocycles. The molecule has 3 unspecified atom stereocenters. The Labute approximate surface area is 171 Å². The molecule has 0 spiro atoms. The molecule has 2 bridgehead atoms. The van der Waals surface area contributed by atoms with E-state index >= 15 is 0 Å². The minimum Gasteiger partial charge on any atom is -0.308 e. The van der Waals surface area contributed by atoms with E-state index in [1.807, 2.05) is 18.3 Å². The van der Waals surface area contributed by atoms with Gasteiger partial charge in [0.15, 0.2) is 5.82 Å². The lowest BCUT2D eigenvalue weighted by molar-refractivity contribution is -0.117. The lowest BCUT2D eigenvalue weighted by Gasteiger charge is -2.20. The molecule has 1 aromatic heterocycles. The molecule has 26 heavy (non-hydrogen) atoms. The van der Waals surface area contributed by atoms with Crippen LogP contribution in [0, 0.1) is 17.8 Å². The Morgan fingerprint density at radius 1 is 1.27 bits per heavy atom. The number of nitrogens with one attached hydrogen (secondary N) is 1. The summed E-state index contributed by atoms with van der Waals surface area (Å²) in [5.41, 5.74) is 0.995. The topological polar surface area (TPSA) is 46.9 Å². The maximum Gasteiger partial charge on any atom is 0.225 e. The van der Waals surface area contributed by atoms with Gasteiger partial charge < -0.3 is 5.32 Å². The first kappa shape index (κ1) is 18.3. The van der Waals surface area contributed by atoms with E-state index in [0.717, 1.165) is 21.9 Å². The van der Waals surface area contributed by atoms with Crippen molar-refractivity contribution in [1.82, 2.24) is 9.78 Å². The molecule has 2 fully saturated rings. The molecule has 4 nitrogen and oxygen atoms in total. The predicted molar refractivity (Wildman–Crippen MR) is 108 cm³/mol. The van der Waals surface area contributed by atoms with E-state index in [0.29, 0.717) is 34.7 Å². The highest BCUT2D eigenvalue weighted by Gasteiger charge is 2.40. The third-order valence-electron chi connectivity index (χ3n) is 5.64. The number of anilines is 1. The van der Waals surface area contributed by atoms with Crippen molar-refractivity contribution < 1.29 is 4.79 Å². The van der Waals surface area contributed by atoms with E-state index < -0.39 is 0 Å². The molecular weight excluding hydrogens is 437 g/mol. The summed E-state index contributed by atoms with van der Waals surface area (Å²) in [7, 11) is 0. The molecule has 138 valence electrons. The predicted octanol–water partition coefficient (Wildman–Crippen LogP) is 5.77. The molecule has 0 saturated heterocycles. The molecule has 7 heteroatoms. The second-order valence-electron chi connectivity index (χ2n) is 7.46. The van der Waals surface area contributed by atoms with E-state index in [1.165, 1.54) is 25.7 Å². The van der Waals surface area contributed by atoms with E-state index in [1.54, 1.807) is 10.7 Å². The standard InChI is InChI=1S/C19H20BrCl2N3O/c20-15-10-25(9-12-2-4-16(21)17(22)7-12)24-19(15)23-18(26)8-14-6-11-1-3-13(14)5-11/h2,4,7,10-11,13-14H,1,3,5-6,8-9H2,(H,23,24,26). The smallest absolute Gasteiger partial charge is 0.225 e. The van der Waals surface area contributed by atoms with Crippen molar-refractivity contribution in [3.8, 4) is 0 Å². The Morgan fingerprint density at radius 2 is 2.12 bits per heavy atom. The molecule has 2 aromatic rings. The van der Waals surface area contributed by atoms with Crippen LogP contribution in [0.1, 0.15) is 37.7 Å². The largest absolute Gasteiger partial charge is 0.308 e. The summed E-state index contributed by atoms with van der Waals surface area (Å²) in [5, 5.41) is 8.50. The van der Waals surface area contributed by atoms with Crippen LogP contribution >= 0.6 is 39.1 Å². The van der Waals surface area contributed by atoms with Gasteiger partial charge in [-0.2, -0.15) is 5.10 Å². The van der Waals surface area contributed by atoms with Gasteiger partial charge in [0.25, 0.3) is 0 Å². The van der Waals surface area contributed by atoms with Crippen molar-refractivity contribution in [2.75, 3.05) is 5.32 Å². The van der Waals surface area contributed by atoms with Gasteiger partial charge in [-0.1, -0.05) is 35.7 Å². The SMILES string of the molecule is O=C(CC1CC2CCC1C2)Nc1nn(Cc2ccc(Cl)c(Cl)c2)cc1Br. The maximum atomic E-state index is 12.4. The van der Waals surface area contributed by atoms with Gasteiger partial charge in [0.2, 0.25) is 5.91 Å². The molecule has 2 aliphatic carbocycles. The van der Waals surface area contributed by atoms with Crippen molar-refractivity contribution in [2.24, 2.45) is 17.8 Å². The number of aromatic nitrogens is 2. The average Bonchev–Trinajstić information content (AvgIpc) is 3.28. The molecule has 2 aliphatic rings. The molecule has 1 heterocycles. The van der Waals surface area contributed by atoms with Gasteiger partial charge in [0.05, 0.1) is 21.1 Å². The Morgan fingerprint density at radius 3 is 2.81 bits per heavy atom. The number of halogens is 3. The zero-order valence-electron chi connectivity index (χ0n) is 14.2. The Bertz CT molecular complexity index is 838. The first-order valence-corrected chi connectivity index (χ1v) is 10.5. The summed E-state index contributed by atoms with van der Waals surface area (Å²) in [5.74, 6) is 2.78. The monoisotopic (exact) mass is 455 g/mol. The zero-order chi connectivity index (χ0) is 18.3. The van der Waals surface area contributed by atoms with Crippen LogP contribution in [0.5, 0.6) is 0 Å². The van der Waals surface area contributed by atoms with Crippen LogP contribution in [0.15, 0.2) is 28.9 Å². The normalized spacial score (nSPS) is 24.2. The van der Waals surface area contributed by atoms with Gasteiger partial charge in [0.1, 0.15) is 0 Å². The van der Waals surface area contributed by atoms with Crippen molar-refractivity contribution in [3.63, 3.8) is 0 Å². The summed E-state index contributed by atoms with van der Waals surface area (Å²) >= 11 is 15.5. The van der Waals surface area contributed by atoms with E-state index in [2.05, 4.69) is 26.3 Å². The number of carbonyl (C=O) groups excluding carboxylic acids is 1. The maximum absolute atomic E-state index is 12.4. The van der Waals surface area contributed by atoms with Crippen molar-refractivity contribution >= 4 is 50.9 Å². The van der Waals surface area contributed by atoms with Crippen LogP contribution in [0.25, 0.3) is 0 Å². The molecule has 4 rings (SSSR count). The molecule has 0 radical (unpaired) electrons. The quantitative estimate of drug-likeness (QED) is 0.621. The van der Waals surface area contributed by atoms with Crippen LogP contribution in [-0.4, -0.2) is 15.7 Å². The van der Waals surface area contributed by atoms with Crippen molar-refractivity contribution in [3.05, 3.63) is 44.5 Å². The van der Waals surface area contributed by atoms with E-state index in [4.69, 9.17) is 23.2 Å². The first-order valence-electron chi connectivity index (χ1n) is 8.94. The summed E-state index contributed by atoms with van der Waals surface area (Å²) in [6.07, 6.45) is 7.64. The highest BCUT2D eigenvalue weighted by Crippen LogP contribution is 2.49. The third-order valence-corrected chi connectivity index (χ3v) is 6.95. The number of hydrogen-bond acceptors (Lipinski definition) is 2. The summed E-state index contributed by atoms with van der Waals surface area (Å²) < 4.78 is 2.55. The van der Waals surface area contributed by atoms with E-state index in [-0.39, 0.29) is 5.91 Å². The Balaban J connectivity index is 1.38. The number of hydrogen-bond donors (Lipinski definition) is 1. The number of carbonyl (C=O) groups is 1.